The van der Waals surface area contributed by atoms with Gasteiger partial charge in [-0.15, -0.1) is 17.9 Å². The summed E-state index contributed by atoms with van der Waals surface area (Å²) in [5, 5.41) is 7.35. The summed E-state index contributed by atoms with van der Waals surface area (Å²) in [7, 11) is 1.58. The van der Waals surface area contributed by atoms with Crippen molar-refractivity contribution in [2.75, 3.05) is 24.7 Å². The van der Waals surface area contributed by atoms with E-state index in [9.17, 15) is 9.59 Å². The first-order chi connectivity index (χ1) is 12.1. The maximum absolute atomic E-state index is 12.0. The Morgan fingerprint density at radius 2 is 2.24 bits per heavy atom. The van der Waals surface area contributed by atoms with Crippen molar-refractivity contribution in [3.8, 4) is 5.75 Å². The normalized spacial score (nSPS) is 10.1. The Balaban J connectivity index is 1.79. The number of carbonyl (C=O) groups is 2. The van der Waals surface area contributed by atoms with Gasteiger partial charge in [-0.1, -0.05) is 23.9 Å². The number of nitrogens with zero attached hydrogens (tertiary/aromatic N) is 1. The average Bonchev–Trinajstić information content (AvgIpc) is 3.05. The summed E-state index contributed by atoms with van der Waals surface area (Å²) in [5.41, 5.74) is 1.38. The van der Waals surface area contributed by atoms with Gasteiger partial charge in [0.1, 0.15) is 5.75 Å². The average molecular weight is 377 g/mol. The lowest BCUT2D eigenvalue weighted by Crippen LogP contribution is -2.25. The van der Waals surface area contributed by atoms with Crippen molar-refractivity contribution in [3.05, 3.63) is 48.0 Å². The monoisotopic (exact) mass is 377 g/mol. The molecule has 2 rings (SSSR count). The number of carbonyl (C=O) groups excluding carboxylic acids is 2. The fraction of sp³-hybridized carbons (Fsp3) is 0.235. The van der Waals surface area contributed by atoms with Crippen LogP contribution >= 0.6 is 23.1 Å². The Labute approximate surface area is 154 Å². The van der Waals surface area contributed by atoms with Crippen LogP contribution in [-0.2, 0) is 16.0 Å². The van der Waals surface area contributed by atoms with E-state index in [1.54, 1.807) is 25.3 Å². The molecule has 0 aliphatic heterocycles. The molecule has 6 nitrogen and oxygen atoms in total. The number of benzene rings is 1. The zero-order valence-corrected chi connectivity index (χ0v) is 15.4. The quantitative estimate of drug-likeness (QED) is 0.519. The summed E-state index contributed by atoms with van der Waals surface area (Å²) in [4.78, 5) is 28.0. The second-order valence-corrected chi connectivity index (χ2v) is 7.02. The lowest BCUT2D eigenvalue weighted by Gasteiger charge is -2.06. The molecular formula is C17H19N3O3S2. The van der Waals surface area contributed by atoms with Gasteiger partial charge in [0.2, 0.25) is 11.8 Å². The van der Waals surface area contributed by atoms with Gasteiger partial charge in [-0.2, -0.15) is 0 Å². The summed E-state index contributed by atoms with van der Waals surface area (Å²) >= 11 is 2.76. The standard InChI is InChI=1S/C17H19N3O3S2/c1-3-7-18-15(21)9-13-10-24-17(20-13)25-11-16(22)19-12-5-4-6-14(8-12)23-2/h3-6,8,10H,1,7,9,11H2,2H3,(H,18,21)(H,19,22). The molecule has 0 spiro atoms. The Morgan fingerprint density at radius 3 is 3.00 bits per heavy atom. The highest BCUT2D eigenvalue weighted by Crippen LogP contribution is 2.23. The number of anilines is 1. The summed E-state index contributed by atoms with van der Waals surface area (Å²) in [6, 6.07) is 7.18. The van der Waals surface area contributed by atoms with E-state index in [0.29, 0.717) is 23.7 Å². The van der Waals surface area contributed by atoms with Gasteiger partial charge in [-0.05, 0) is 12.1 Å². The number of nitrogens with one attached hydrogen (secondary N) is 2. The summed E-state index contributed by atoms with van der Waals surface area (Å²) < 4.78 is 5.88. The molecule has 1 aromatic heterocycles. The number of aromatic nitrogens is 1. The first kappa shape index (κ1) is 19.0. The Hall–Kier alpha value is -2.32. The number of rotatable bonds is 9. The molecule has 0 radical (unpaired) electrons. The van der Waals surface area contributed by atoms with E-state index in [0.717, 1.165) is 4.34 Å². The first-order valence-corrected chi connectivity index (χ1v) is 9.36. The van der Waals surface area contributed by atoms with Crippen molar-refractivity contribution in [1.29, 1.82) is 0 Å². The molecule has 0 atom stereocenters. The molecule has 0 aliphatic carbocycles. The van der Waals surface area contributed by atoms with E-state index in [2.05, 4.69) is 22.2 Å². The largest absolute Gasteiger partial charge is 0.497 e. The van der Waals surface area contributed by atoms with Crippen LogP contribution in [0.1, 0.15) is 5.69 Å². The molecule has 132 valence electrons. The molecule has 0 aliphatic rings. The van der Waals surface area contributed by atoms with Crippen LogP contribution in [-0.4, -0.2) is 36.2 Å². The molecule has 2 amide bonds. The Kier molecular flexibility index (Phi) is 7.49. The molecule has 2 N–H and O–H groups in total. The van der Waals surface area contributed by atoms with Crippen LogP contribution in [0, 0.1) is 0 Å². The van der Waals surface area contributed by atoms with Crippen LogP contribution in [0.25, 0.3) is 0 Å². The molecule has 0 unspecified atom stereocenters. The molecule has 1 heterocycles. The first-order valence-electron chi connectivity index (χ1n) is 7.49. The molecule has 2 aromatic rings. The summed E-state index contributed by atoms with van der Waals surface area (Å²) in [6.07, 6.45) is 1.85. The van der Waals surface area contributed by atoms with E-state index in [-0.39, 0.29) is 24.0 Å². The van der Waals surface area contributed by atoms with Gasteiger partial charge in [0.25, 0.3) is 0 Å². The maximum Gasteiger partial charge on any atom is 0.234 e. The Bertz CT molecular complexity index is 746. The van der Waals surface area contributed by atoms with E-state index >= 15 is 0 Å². The molecular weight excluding hydrogens is 358 g/mol. The lowest BCUT2D eigenvalue weighted by atomic mass is 10.3. The third-order valence-electron chi connectivity index (χ3n) is 3.00. The number of thiazole rings is 1. The number of hydrogen-bond donors (Lipinski definition) is 2. The van der Waals surface area contributed by atoms with Crippen LogP contribution in [0.5, 0.6) is 5.75 Å². The maximum atomic E-state index is 12.0. The third kappa shape index (κ3) is 6.60. The van der Waals surface area contributed by atoms with Crippen LogP contribution in [0.4, 0.5) is 5.69 Å². The number of methoxy groups -OCH3 is 1. The van der Waals surface area contributed by atoms with Crippen molar-refractivity contribution in [2.24, 2.45) is 0 Å². The predicted octanol–water partition coefficient (Wildman–Crippen LogP) is 2.73. The second-order valence-electron chi connectivity index (χ2n) is 4.94. The number of hydrogen-bond acceptors (Lipinski definition) is 6. The fourth-order valence-electron chi connectivity index (χ4n) is 1.87. The fourth-order valence-corrected chi connectivity index (χ4v) is 3.52. The number of ether oxygens (including phenoxy) is 1. The highest BCUT2D eigenvalue weighted by atomic mass is 32.2. The van der Waals surface area contributed by atoms with Crippen LogP contribution < -0.4 is 15.4 Å². The minimum Gasteiger partial charge on any atom is -0.497 e. The van der Waals surface area contributed by atoms with Crippen LogP contribution in [0.2, 0.25) is 0 Å². The van der Waals surface area contributed by atoms with Crippen molar-refractivity contribution in [1.82, 2.24) is 10.3 Å². The molecule has 0 saturated carbocycles. The van der Waals surface area contributed by atoms with E-state index in [1.165, 1.54) is 23.1 Å². The van der Waals surface area contributed by atoms with E-state index in [1.807, 2.05) is 17.5 Å². The highest BCUT2D eigenvalue weighted by Gasteiger charge is 2.10. The zero-order valence-electron chi connectivity index (χ0n) is 13.8. The topological polar surface area (TPSA) is 80.3 Å². The van der Waals surface area contributed by atoms with Crippen molar-refractivity contribution in [2.45, 2.75) is 10.8 Å². The molecule has 0 saturated heterocycles. The SMILES string of the molecule is C=CCNC(=O)Cc1csc(SCC(=O)Nc2cccc(OC)c2)n1. The number of thioether (sulfide) groups is 1. The van der Waals surface area contributed by atoms with Crippen molar-refractivity contribution in [3.63, 3.8) is 0 Å². The van der Waals surface area contributed by atoms with Gasteiger partial charge in [-0.3, -0.25) is 9.59 Å². The van der Waals surface area contributed by atoms with Crippen LogP contribution in [0.3, 0.4) is 0 Å². The lowest BCUT2D eigenvalue weighted by molar-refractivity contribution is -0.120. The predicted molar refractivity (Wildman–Crippen MR) is 101 cm³/mol. The minimum absolute atomic E-state index is 0.0995. The van der Waals surface area contributed by atoms with Gasteiger partial charge in [-0.25, -0.2) is 4.98 Å². The van der Waals surface area contributed by atoms with Crippen molar-refractivity contribution < 1.29 is 14.3 Å². The zero-order chi connectivity index (χ0) is 18.1. The molecule has 25 heavy (non-hydrogen) atoms. The van der Waals surface area contributed by atoms with Gasteiger partial charge >= 0.3 is 0 Å². The van der Waals surface area contributed by atoms with Gasteiger partial charge in [0, 0.05) is 23.7 Å². The Morgan fingerprint density at radius 1 is 1.40 bits per heavy atom. The molecule has 1 aromatic carbocycles. The van der Waals surface area contributed by atoms with Gasteiger partial charge < -0.3 is 15.4 Å². The number of amides is 2. The summed E-state index contributed by atoms with van der Waals surface area (Å²) in [6.45, 7) is 3.99. The van der Waals surface area contributed by atoms with E-state index < -0.39 is 0 Å². The molecule has 0 bridgehead atoms. The second kappa shape index (κ2) is 9.85. The van der Waals surface area contributed by atoms with Gasteiger partial charge in [0.15, 0.2) is 4.34 Å². The smallest absolute Gasteiger partial charge is 0.234 e. The third-order valence-corrected chi connectivity index (χ3v) is 5.07. The van der Waals surface area contributed by atoms with Crippen LogP contribution in [0.15, 0.2) is 46.6 Å². The highest BCUT2D eigenvalue weighted by molar-refractivity contribution is 8.01. The van der Waals surface area contributed by atoms with E-state index in [4.69, 9.17) is 4.74 Å². The summed E-state index contributed by atoms with van der Waals surface area (Å²) in [5.74, 6) is 0.702. The molecule has 8 heteroatoms. The molecule has 0 fully saturated rings. The van der Waals surface area contributed by atoms with Crippen molar-refractivity contribution >= 4 is 40.6 Å². The minimum atomic E-state index is -0.126. The van der Waals surface area contributed by atoms with Gasteiger partial charge in [0.05, 0.1) is 25.0 Å².